The van der Waals surface area contributed by atoms with Gasteiger partial charge in [-0.15, -0.1) is 0 Å². The second kappa shape index (κ2) is 9.17. The molecule has 0 heterocycles. The molecule has 0 spiro atoms. The molecule has 1 aromatic carbocycles. The molecule has 25 heavy (non-hydrogen) atoms. The lowest BCUT2D eigenvalue weighted by Gasteiger charge is -2.31. The van der Waals surface area contributed by atoms with Crippen molar-refractivity contribution in [2.45, 2.75) is 38.1 Å². The third kappa shape index (κ3) is 5.56. The molecule has 0 saturated heterocycles. The van der Waals surface area contributed by atoms with E-state index in [1.54, 1.807) is 24.3 Å². The number of benzene rings is 1. The number of carbonyl (C=O) groups is 3. The summed E-state index contributed by atoms with van der Waals surface area (Å²) in [5.74, 6) is -0.734. The monoisotopic (exact) mass is 346 g/mol. The third-order valence-electron chi connectivity index (χ3n) is 4.49. The highest BCUT2D eigenvalue weighted by atomic mass is 16.2. The summed E-state index contributed by atoms with van der Waals surface area (Å²) >= 11 is 0. The van der Waals surface area contributed by atoms with Crippen molar-refractivity contribution in [1.82, 2.24) is 10.2 Å². The van der Waals surface area contributed by atoms with Gasteiger partial charge in [0.1, 0.15) is 0 Å². The number of carbonyl (C=O) groups excluding carboxylic acids is 3. The number of hydrogen-bond donors (Lipinski definition) is 3. The predicted octanol–water partition coefficient (Wildman–Crippen LogP) is 1.10. The summed E-state index contributed by atoms with van der Waals surface area (Å²) in [4.78, 5) is 37.1. The van der Waals surface area contributed by atoms with Crippen LogP contribution in [0.25, 0.3) is 0 Å². The van der Waals surface area contributed by atoms with E-state index >= 15 is 0 Å². The molecule has 1 fully saturated rings. The van der Waals surface area contributed by atoms with Gasteiger partial charge in [-0.2, -0.15) is 0 Å². The Morgan fingerprint density at radius 1 is 1.08 bits per heavy atom. The topological polar surface area (TPSA) is 105 Å². The fraction of sp³-hybridized carbons (Fsp3) is 0.500. The van der Waals surface area contributed by atoms with E-state index in [1.807, 2.05) is 11.9 Å². The van der Waals surface area contributed by atoms with E-state index in [-0.39, 0.29) is 30.8 Å². The minimum Gasteiger partial charge on any atom is -0.346 e. The average molecular weight is 346 g/mol. The van der Waals surface area contributed by atoms with E-state index in [0.717, 1.165) is 12.8 Å². The second-order valence-corrected chi connectivity index (χ2v) is 6.31. The lowest BCUT2D eigenvalue weighted by molar-refractivity contribution is -0.123. The van der Waals surface area contributed by atoms with Gasteiger partial charge in [0.15, 0.2) is 0 Å². The van der Waals surface area contributed by atoms with Gasteiger partial charge in [0.05, 0.1) is 13.1 Å². The standard InChI is InChI=1S/C18H26N4O3/c1-22(15-5-3-2-4-6-15)18(25)13-7-9-14(10-8-13)21-17(24)12-20-16(23)11-19/h7-10,15H,2-6,11-12,19H2,1H3,(H,20,23)(H,21,24). The van der Waals surface area contributed by atoms with Gasteiger partial charge >= 0.3 is 0 Å². The number of nitrogens with one attached hydrogen (secondary N) is 2. The average Bonchev–Trinajstić information content (AvgIpc) is 2.66. The van der Waals surface area contributed by atoms with Gasteiger partial charge < -0.3 is 21.3 Å². The van der Waals surface area contributed by atoms with E-state index in [1.165, 1.54) is 19.3 Å². The van der Waals surface area contributed by atoms with Gasteiger partial charge in [-0.3, -0.25) is 14.4 Å². The van der Waals surface area contributed by atoms with E-state index in [9.17, 15) is 14.4 Å². The van der Waals surface area contributed by atoms with Crippen molar-refractivity contribution in [2.24, 2.45) is 5.73 Å². The Morgan fingerprint density at radius 2 is 1.72 bits per heavy atom. The molecule has 0 atom stereocenters. The van der Waals surface area contributed by atoms with Gasteiger partial charge in [0, 0.05) is 24.3 Å². The minimum absolute atomic E-state index is 0.0000133. The SMILES string of the molecule is CN(C(=O)c1ccc(NC(=O)CNC(=O)CN)cc1)C1CCCCC1. The van der Waals surface area contributed by atoms with Crippen molar-refractivity contribution in [3.05, 3.63) is 29.8 Å². The maximum absolute atomic E-state index is 12.6. The van der Waals surface area contributed by atoms with Crippen molar-refractivity contribution in [3.63, 3.8) is 0 Å². The number of hydrogen-bond acceptors (Lipinski definition) is 4. The van der Waals surface area contributed by atoms with Crippen LogP contribution in [-0.2, 0) is 9.59 Å². The summed E-state index contributed by atoms with van der Waals surface area (Å²) in [7, 11) is 1.86. The zero-order valence-corrected chi connectivity index (χ0v) is 14.6. The lowest BCUT2D eigenvalue weighted by atomic mass is 9.94. The molecule has 1 saturated carbocycles. The van der Waals surface area contributed by atoms with E-state index in [4.69, 9.17) is 5.73 Å². The van der Waals surface area contributed by atoms with Crippen LogP contribution in [0.4, 0.5) is 5.69 Å². The van der Waals surface area contributed by atoms with Crippen LogP contribution in [0.15, 0.2) is 24.3 Å². The Hall–Kier alpha value is -2.41. The van der Waals surface area contributed by atoms with E-state index in [0.29, 0.717) is 17.3 Å². The molecule has 0 radical (unpaired) electrons. The molecule has 2 rings (SSSR count). The van der Waals surface area contributed by atoms with Crippen LogP contribution in [0.5, 0.6) is 0 Å². The van der Waals surface area contributed by atoms with Gasteiger partial charge in [-0.05, 0) is 37.1 Å². The van der Waals surface area contributed by atoms with Crippen LogP contribution < -0.4 is 16.4 Å². The molecule has 0 aromatic heterocycles. The highest BCUT2D eigenvalue weighted by Crippen LogP contribution is 2.23. The first-order valence-electron chi connectivity index (χ1n) is 8.65. The minimum atomic E-state index is -0.387. The Kier molecular flexibility index (Phi) is 6.94. The molecule has 4 N–H and O–H groups in total. The summed E-state index contributed by atoms with van der Waals surface area (Å²) in [5.41, 5.74) is 6.33. The quantitative estimate of drug-likeness (QED) is 0.717. The summed E-state index contributed by atoms with van der Waals surface area (Å²) < 4.78 is 0. The zero-order chi connectivity index (χ0) is 18.2. The molecule has 0 bridgehead atoms. The fourth-order valence-corrected chi connectivity index (χ4v) is 2.99. The highest BCUT2D eigenvalue weighted by molar-refractivity contribution is 5.97. The number of rotatable bonds is 6. The second-order valence-electron chi connectivity index (χ2n) is 6.31. The first-order valence-corrected chi connectivity index (χ1v) is 8.65. The molecule has 136 valence electrons. The number of nitrogens with zero attached hydrogens (tertiary/aromatic N) is 1. The first-order chi connectivity index (χ1) is 12.0. The molecular formula is C18H26N4O3. The lowest BCUT2D eigenvalue weighted by Crippen LogP contribution is -2.38. The molecule has 7 nitrogen and oxygen atoms in total. The van der Waals surface area contributed by atoms with Crippen LogP contribution in [0.1, 0.15) is 42.5 Å². The molecule has 0 aliphatic heterocycles. The largest absolute Gasteiger partial charge is 0.346 e. The summed E-state index contributed by atoms with van der Waals surface area (Å²) in [6.07, 6.45) is 5.72. The first kappa shape index (κ1) is 18.9. The molecule has 7 heteroatoms. The Bertz CT molecular complexity index is 609. The molecular weight excluding hydrogens is 320 g/mol. The molecule has 3 amide bonds. The maximum atomic E-state index is 12.6. The molecule has 1 aromatic rings. The summed E-state index contributed by atoms with van der Waals surface area (Å²) in [5, 5.41) is 5.06. The van der Waals surface area contributed by atoms with E-state index < -0.39 is 0 Å². The van der Waals surface area contributed by atoms with Crippen molar-refractivity contribution >= 4 is 23.4 Å². The maximum Gasteiger partial charge on any atom is 0.253 e. The Morgan fingerprint density at radius 3 is 2.32 bits per heavy atom. The zero-order valence-electron chi connectivity index (χ0n) is 14.6. The smallest absolute Gasteiger partial charge is 0.253 e. The van der Waals surface area contributed by atoms with Crippen molar-refractivity contribution in [1.29, 1.82) is 0 Å². The van der Waals surface area contributed by atoms with Crippen molar-refractivity contribution in [3.8, 4) is 0 Å². The van der Waals surface area contributed by atoms with Crippen molar-refractivity contribution < 1.29 is 14.4 Å². The number of anilines is 1. The predicted molar refractivity (Wildman–Crippen MR) is 96.1 cm³/mol. The van der Waals surface area contributed by atoms with Crippen molar-refractivity contribution in [2.75, 3.05) is 25.5 Å². The number of amides is 3. The Labute approximate surface area is 147 Å². The summed E-state index contributed by atoms with van der Waals surface area (Å²) in [6, 6.07) is 7.09. The van der Waals surface area contributed by atoms with Crippen LogP contribution >= 0.6 is 0 Å². The van der Waals surface area contributed by atoms with Crippen LogP contribution in [0.2, 0.25) is 0 Å². The third-order valence-corrected chi connectivity index (χ3v) is 4.49. The molecule has 0 unspecified atom stereocenters. The van der Waals surface area contributed by atoms with Crippen LogP contribution in [-0.4, -0.2) is 48.8 Å². The Balaban J connectivity index is 1.89. The molecule has 1 aliphatic carbocycles. The highest BCUT2D eigenvalue weighted by Gasteiger charge is 2.22. The van der Waals surface area contributed by atoms with Gasteiger partial charge in [-0.1, -0.05) is 19.3 Å². The number of nitrogens with two attached hydrogens (primary N) is 1. The molecule has 1 aliphatic rings. The fourth-order valence-electron chi connectivity index (χ4n) is 2.99. The van der Waals surface area contributed by atoms with Gasteiger partial charge in [0.25, 0.3) is 5.91 Å². The van der Waals surface area contributed by atoms with Crippen LogP contribution in [0.3, 0.4) is 0 Å². The van der Waals surface area contributed by atoms with Gasteiger partial charge in [-0.25, -0.2) is 0 Å². The normalized spacial score (nSPS) is 14.6. The van der Waals surface area contributed by atoms with Crippen LogP contribution in [0, 0.1) is 0 Å². The van der Waals surface area contributed by atoms with Gasteiger partial charge in [0.2, 0.25) is 11.8 Å². The summed E-state index contributed by atoms with van der Waals surface area (Å²) in [6.45, 7) is -0.292. The van der Waals surface area contributed by atoms with E-state index in [2.05, 4.69) is 10.6 Å².